The lowest BCUT2D eigenvalue weighted by Crippen LogP contribution is -2.22. The second-order valence-corrected chi connectivity index (χ2v) is 4.40. The number of anilines is 1. The summed E-state index contributed by atoms with van der Waals surface area (Å²) in [5.41, 5.74) is 0.744. The zero-order valence-corrected chi connectivity index (χ0v) is 10.3. The van der Waals surface area contributed by atoms with Crippen LogP contribution in [-0.4, -0.2) is 29.9 Å². The molecule has 100 valence electrons. The van der Waals surface area contributed by atoms with Crippen molar-refractivity contribution in [1.29, 1.82) is 0 Å². The molecule has 0 aliphatic heterocycles. The minimum atomic E-state index is -0.959. The standard InChI is InChI=1S/C13H14N2O4/c1-14-11(16)7-4-2-3-5-10(7)15-12(17)8-6-9(8)13(18)19/h2-5,8-9H,6H2,1H3,(H,14,16)(H,15,17)(H,18,19). The van der Waals surface area contributed by atoms with E-state index in [9.17, 15) is 14.4 Å². The van der Waals surface area contributed by atoms with Gasteiger partial charge in [-0.25, -0.2) is 0 Å². The number of carboxylic acid groups (broad SMARTS) is 1. The molecule has 2 amide bonds. The zero-order chi connectivity index (χ0) is 14.0. The molecule has 1 fully saturated rings. The molecular weight excluding hydrogens is 248 g/mol. The van der Waals surface area contributed by atoms with Gasteiger partial charge in [0.05, 0.1) is 23.1 Å². The van der Waals surface area contributed by atoms with E-state index in [1.807, 2.05) is 0 Å². The first-order valence-electron chi connectivity index (χ1n) is 5.89. The molecule has 0 saturated heterocycles. The summed E-state index contributed by atoms with van der Waals surface area (Å²) in [5.74, 6) is -2.73. The van der Waals surface area contributed by atoms with Crippen molar-refractivity contribution in [3.05, 3.63) is 29.8 Å². The fraction of sp³-hybridized carbons (Fsp3) is 0.308. The molecule has 0 spiro atoms. The van der Waals surface area contributed by atoms with Crippen molar-refractivity contribution in [2.45, 2.75) is 6.42 Å². The first-order valence-corrected chi connectivity index (χ1v) is 5.89. The SMILES string of the molecule is CNC(=O)c1ccccc1NC(=O)C1CC1C(=O)O. The highest BCUT2D eigenvalue weighted by molar-refractivity contribution is 6.05. The number of para-hydroxylation sites is 1. The first kappa shape index (κ1) is 13.1. The maximum absolute atomic E-state index is 11.8. The van der Waals surface area contributed by atoms with Crippen LogP contribution in [-0.2, 0) is 9.59 Å². The van der Waals surface area contributed by atoms with Crippen molar-refractivity contribution in [2.75, 3.05) is 12.4 Å². The van der Waals surface area contributed by atoms with Gasteiger partial charge in [0, 0.05) is 7.05 Å². The van der Waals surface area contributed by atoms with E-state index < -0.39 is 17.8 Å². The van der Waals surface area contributed by atoms with Crippen LogP contribution in [0.5, 0.6) is 0 Å². The Labute approximate surface area is 109 Å². The fourth-order valence-electron chi connectivity index (χ4n) is 1.91. The molecule has 0 heterocycles. The Bertz CT molecular complexity index is 541. The third kappa shape index (κ3) is 2.73. The average Bonchev–Trinajstić information content (AvgIpc) is 3.19. The van der Waals surface area contributed by atoms with Gasteiger partial charge in [0.15, 0.2) is 0 Å². The number of rotatable bonds is 4. The van der Waals surface area contributed by atoms with Crippen LogP contribution in [0.3, 0.4) is 0 Å². The molecular formula is C13H14N2O4. The van der Waals surface area contributed by atoms with Crippen LogP contribution in [0.1, 0.15) is 16.8 Å². The Morgan fingerprint density at radius 2 is 1.89 bits per heavy atom. The lowest BCUT2D eigenvalue weighted by atomic mass is 10.1. The van der Waals surface area contributed by atoms with E-state index in [1.165, 1.54) is 7.05 Å². The molecule has 3 N–H and O–H groups in total. The zero-order valence-electron chi connectivity index (χ0n) is 10.3. The summed E-state index contributed by atoms with van der Waals surface area (Å²) < 4.78 is 0. The van der Waals surface area contributed by atoms with Crippen LogP contribution in [0.2, 0.25) is 0 Å². The van der Waals surface area contributed by atoms with Gasteiger partial charge in [-0.1, -0.05) is 12.1 Å². The molecule has 1 saturated carbocycles. The quantitative estimate of drug-likeness (QED) is 0.744. The van der Waals surface area contributed by atoms with E-state index in [4.69, 9.17) is 5.11 Å². The number of nitrogens with one attached hydrogen (secondary N) is 2. The number of carbonyl (C=O) groups is 3. The molecule has 1 aliphatic rings. The van der Waals surface area contributed by atoms with Gasteiger partial charge in [0.1, 0.15) is 0 Å². The fourth-order valence-corrected chi connectivity index (χ4v) is 1.91. The van der Waals surface area contributed by atoms with E-state index in [1.54, 1.807) is 24.3 Å². The number of benzene rings is 1. The topological polar surface area (TPSA) is 95.5 Å². The van der Waals surface area contributed by atoms with Gasteiger partial charge < -0.3 is 15.7 Å². The minimum Gasteiger partial charge on any atom is -0.481 e. The summed E-state index contributed by atoms with van der Waals surface area (Å²) in [6.45, 7) is 0. The molecule has 0 bridgehead atoms. The minimum absolute atomic E-state index is 0.304. The monoisotopic (exact) mass is 262 g/mol. The maximum Gasteiger partial charge on any atom is 0.307 e. The maximum atomic E-state index is 11.8. The molecule has 19 heavy (non-hydrogen) atoms. The van der Waals surface area contributed by atoms with Crippen molar-refractivity contribution in [2.24, 2.45) is 11.8 Å². The molecule has 6 heteroatoms. The van der Waals surface area contributed by atoms with Crippen molar-refractivity contribution < 1.29 is 19.5 Å². The summed E-state index contributed by atoms with van der Waals surface area (Å²) in [7, 11) is 1.50. The Kier molecular flexibility index (Phi) is 3.50. The molecule has 0 aromatic heterocycles. The van der Waals surface area contributed by atoms with E-state index in [0.29, 0.717) is 17.7 Å². The van der Waals surface area contributed by atoms with Crippen LogP contribution < -0.4 is 10.6 Å². The van der Waals surface area contributed by atoms with Crippen LogP contribution in [0.25, 0.3) is 0 Å². The van der Waals surface area contributed by atoms with Crippen LogP contribution in [0, 0.1) is 11.8 Å². The summed E-state index contributed by atoms with van der Waals surface area (Å²) in [6, 6.07) is 6.59. The van der Waals surface area contributed by atoms with Gasteiger partial charge in [-0.15, -0.1) is 0 Å². The number of carboxylic acids is 1. The van der Waals surface area contributed by atoms with Gasteiger partial charge >= 0.3 is 5.97 Å². The second kappa shape index (κ2) is 5.09. The van der Waals surface area contributed by atoms with Crippen LogP contribution in [0.4, 0.5) is 5.69 Å². The first-order chi connectivity index (χ1) is 9.04. The third-order valence-electron chi connectivity index (χ3n) is 3.10. The predicted molar refractivity (Wildman–Crippen MR) is 67.7 cm³/mol. The smallest absolute Gasteiger partial charge is 0.307 e. The van der Waals surface area contributed by atoms with E-state index in [2.05, 4.69) is 10.6 Å². The Morgan fingerprint density at radius 1 is 1.21 bits per heavy atom. The van der Waals surface area contributed by atoms with Gasteiger partial charge in [0.2, 0.25) is 5.91 Å². The van der Waals surface area contributed by atoms with Gasteiger partial charge in [0.25, 0.3) is 5.91 Å². The third-order valence-corrected chi connectivity index (χ3v) is 3.10. The molecule has 6 nitrogen and oxygen atoms in total. The molecule has 1 aliphatic carbocycles. The van der Waals surface area contributed by atoms with Gasteiger partial charge in [-0.2, -0.15) is 0 Å². The summed E-state index contributed by atoms with van der Waals surface area (Å²) in [6.07, 6.45) is 0.351. The lowest BCUT2D eigenvalue weighted by Gasteiger charge is -2.09. The normalized spacial score (nSPS) is 20.5. The van der Waals surface area contributed by atoms with Crippen molar-refractivity contribution in [3.8, 4) is 0 Å². The summed E-state index contributed by atoms with van der Waals surface area (Å²) in [5, 5.41) is 13.9. The predicted octanol–water partition coefficient (Wildman–Crippen LogP) is 0.705. The largest absolute Gasteiger partial charge is 0.481 e. The molecule has 0 radical (unpaired) electrons. The summed E-state index contributed by atoms with van der Waals surface area (Å²) >= 11 is 0. The highest BCUT2D eigenvalue weighted by Gasteiger charge is 2.48. The Balaban J connectivity index is 2.10. The Morgan fingerprint density at radius 3 is 2.47 bits per heavy atom. The molecule has 2 rings (SSSR count). The highest BCUT2D eigenvalue weighted by atomic mass is 16.4. The summed E-state index contributed by atoms with van der Waals surface area (Å²) in [4.78, 5) is 34.2. The molecule has 2 atom stereocenters. The van der Waals surface area contributed by atoms with Crippen molar-refractivity contribution in [3.63, 3.8) is 0 Å². The molecule has 1 aromatic rings. The van der Waals surface area contributed by atoms with E-state index in [0.717, 1.165) is 0 Å². The van der Waals surface area contributed by atoms with E-state index in [-0.39, 0.29) is 11.8 Å². The highest BCUT2D eigenvalue weighted by Crippen LogP contribution is 2.39. The number of carbonyl (C=O) groups excluding carboxylic acids is 2. The van der Waals surface area contributed by atoms with Crippen molar-refractivity contribution in [1.82, 2.24) is 5.32 Å². The number of aliphatic carboxylic acids is 1. The van der Waals surface area contributed by atoms with Crippen molar-refractivity contribution >= 4 is 23.5 Å². The molecule has 1 aromatic carbocycles. The average molecular weight is 262 g/mol. The van der Waals surface area contributed by atoms with Crippen LogP contribution in [0.15, 0.2) is 24.3 Å². The number of hydrogen-bond donors (Lipinski definition) is 3. The number of hydrogen-bond acceptors (Lipinski definition) is 3. The van der Waals surface area contributed by atoms with Gasteiger partial charge in [-0.3, -0.25) is 14.4 Å². The van der Waals surface area contributed by atoms with E-state index >= 15 is 0 Å². The second-order valence-electron chi connectivity index (χ2n) is 4.40. The van der Waals surface area contributed by atoms with Crippen LogP contribution >= 0.6 is 0 Å². The molecule has 2 unspecified atom stereocenters. The Hall–Kier alpha value is -2.37. The lowest BCUT2D eigenvalue weighted by molar-refractivity contribution is -0.139. The van der Waals surface area contributed by atoms with Gasteiger partial charge in [-0.05, 0) is 18.6 Å². The number of amides is 2.